The second-order valence-electron chi connectivity index (χ2n) is 6.14. The van der Waals surface area contributed by atoms with Crippen LogP contribution in [0.2, 0.25) is 0 Å². The molecule has 0 saturated heterocycles. The van der Waals surface area contributed by atoms with Gasteiger partial charge in [-0.2, -0.15) is 0 Å². The first kappa shape index (κ1) is 15.6. The summed E-state index contributed by atoms with van der Waals surface area (Å²) in [5.41, 5.74) is 3.88. The van der Waals surface area contributed by atoms with E-state index < -0.39 is 6.10 Å². The molecule has 5 nitrogen and oxygen atoms in total. The Labute approximate surface area is 135 Å². The van der Waals surface area contributed by atoms with Crippen LogP contribution in [0, 0.1) is 17.0 Å². The van der Waals surface area contributed by atoms with Crippen molar-refractivity contribution >= 4 is 5.69 Å². The Morgan fingerprint density at radius 1 is 1.30 bits per heavy atom. The van der Waals surface area contributed by atoms with E-state index in [-0.39, 0.29) is 22.7 Å². The van der Waals surface area contributed by atoms with Gasteiger partial charge in [0, 0.05) is 24.1 Å². The molecule has 23 heavy (non-hydrogen) atoms. The van der Waals surface area contributed by atoms with E-state index in [2.05, 4.69) is 5.32 Å². The topological polar surface area (TPSA) is 75.4 Å². The zero-order valence-electron chi connectivity index (χ0n) is 13.2. The Bertz CT molecular complexity index is 745. The number of nitrogens with one attached hydrogen (secondary N) is 1. The van der Waals surface area contributed by atoms with E-state index in [9.17, 15) is 15.2 Å². The molecule has 3 atom stereocenters. The van der Waals surface area contributed by atoms with Gasteiger partial charge in [0.2, 0.25) is 0 Å². The molecule has 3 unspecified atom stereocenters. The number of hydrogen-bond donors (Lipinski definition) is 2. The fraction of sp³-hybridized carbons (Fsp3) is 0.333. The third-order valence-electron chi connectivity index (χ3n) is 4.56. The van der Waals surface area contributed by atoms with Gasteiger partial charge in [0.1, 0.15) is 0 Å². The summed E-state index contributed by atoms with van der Waals surface area (Å²) in [5.74, 6) is 0. The molecule has 2 N–H and O–H groups in total. The van der Waals surface area contributed by atoms with Gasteiger partial charge in [-0.15, -0.1) is 0 Å². The lowest BCUT2D eigenvalue weighted by atomic mass is 10.0. The minimum atomic E-state index is -0.477. The molecule has 0 aromatic heterocycles. The van der Waals surface area contributed by atoms with Crippen molar-refractivity contribution in [3.8, 4) is 0 Å². The largest absolute Gasteiger partial charge is 0.391 e. The first-order valence-corrected chi connectivity index (χ1v) is 7.74. The molecule has 0 heterocycles. The van der Waals surface area contributed by atoms with Crippen molar-refractivity contribution in [1.29, 1.82) is 0 Å². The molecular weight excluding hydrogens is 292 g/mol. The first-order valence-electron chi connectivity index (χ1n) is 7.74. The van der Waals surface area contributed by atoms with Gasteiger partial charge in [0.15, 0.2) is 0 Å². The van der Waals surface area contributed by atoms with Crippen LogP contribution in [0.4, 0.5) is 5.69 Å². The molecule has 120 valence electrons. The second-order valence-corrected chi connectivity index (χ2v) is 6.14. The first-order chi connectivity index (χ1) is 11.0. The maximum absolute atomic E-state index is 11.1. The predicted octanol–water partition coefficient (Wildman–Crippen LogP) is 3.21. The number of benzene rings is 2. The van der Waals surface area contributed by atoms with Crippen LogP contribution < -0.4 is 5.32 Å². The zero-order valence-corrected chi connectivity index (χ0v) is 13.2. The highest BCUT2D eigenvalue weighted by atomic mass is 16.6. The van der Waals surface area contributed by atoms with E-state index in [0.717, 1.165) is 16.7 Å². The van der Waals surface area contributed by atoms with Gasteiger partial charge < -0.3 is 10.4 Å². The molecule has 1 aliphatic rings. The van der Waals surface area contributed by atoms with Crippen molar-refractivity contribution < 1.29 is 10.0 Å². The SMILES string of the molecule is Cc1ccc(C(C)NC2c3ccccc3CC2O)cc1[N+](=O)[O-]. The number of fused-ring (bicyclic) bond motifs is 1. The van der Waals surface area contributed by atoms with E-state index in [1.54, 1.807) is 19.1 Å². The average molecular weight is 312 g/mol. The molecule has 0 fully saturated rings. The van der Waals surface area contributed by atoms with Crippen molar-refractivity contribution in [1.82, 2.24) is 5.32 Å². The molecule has 5 heteroatoms. The molecule has 0 radical (unpaired) electrons. The van der Waals surface area contributed by atoms with Crippen LogP contribution in [0.1, 0.15) is 41.3 Å². The Hall–Kier alpha value is -2.24. The van der Waals surface area contributed by atoms with E-state index in [4.69, 9.17) is 0 Å². The molecular formula is C18H20N2O3. The van der Waals surface area contributed by atoms with Crippen LogP contribution in [-0.2, 0) is 6.42 Å². The number of nitro groups is 1. The van der Waals surface area contributed by atoms with E-state index in [1.807, 2.05) is 37.3 Å². The number of aliphatic hydroxyl groups excluding tert-OH is 1. The standard InChI is InChI=1S/C18H20N2O3/c1-11-7-8-13(9-16(11)20(22)23)12(2)19-18-15-6-4-3-5-14(15)10-17(18)21/h3-9,12,17-19,21H,10H2,1-2H3. The molecule has 0 aliphatic heterocycles. The summed E-state index contributed by atoms with van der Waals surface area (Å²) >= 11 is 0. The lowest BCUT2D eigenvalue weighted by molar-refractivity contribution is -0.385. The van der Waals surface area contributed by atoms with Gasteiger partial charge in [-0.3, -0.25) is 10.1 Å². The highest BCUT2D eigenvalue weighted by Gasteiger charge is 2.31. The zero-order chi connectivity index (χ0) is 16.6. The third kappa shape index (κ3) is 2.98. The van der Waals surface area contributed by atoms with Gasteiger partial charge in [0.05, 0.1) is 17.1 Å². The molecule has 0 saturated carbocycles. The van der Waals surface area contributed by atoms with Gasteiger partial charge >= 0.3 is 0 Å². The third-order valence-corrected chi connectivity index (χ3v) is 4.56. The normalized spacial score (nSPS) is 21.0. The second kappa shape index (κ2) is 6.10. The maximum Gasteiger partial charge on any atom is 0.272 e. The van der Waals surface area contributed by atoms with Gasteiger partial charge in [-0.25, -0.2) is 0 Å². The van der Waals surface area contributed by atoms with E-state index in [0.29, 0.717) is 12.0 Å². The van der Waals surface area contributed by atoms with E-state index in [1.165, 1.54) is 0 Å². The Kier molecular flexibility index (Phi) is 4.15. The van der Waals surface area contributed by atoms with Crippen molar-refractivity contribution in [2.24, 2.45) is 0 Å². The molecule has 2 aromatic rings. The van der Waals surface area contributed by atoms with Crippen LogP contribution in [0.3, 0.4) is 0 Å². The highest BCUT2D eigenvalue weighted by Crippen LogP contribution is 2.33. The lowest BCUT2D eigenvalue weighted by Crippen LogP contribution is -2.31. The van der Waals surface area contributed by atoms with Crippen LogP contribution >= 0.6 is 0 Å². The fourth-order valence-electron chi connectivity index (χ4n) is 3.23. The molecule has 2 aromatic carbocycles. The number of nitro benzene ring substituents is 1. The molecule has 1 aliphatic carbocycles. The Balaban J connectivity index is 1.84. The summed E-state index contributed by atoms with van der Waals surface area (Å²) in [6.45, 7) is 3.69. The van der Waals surface area contributed by atoms with Crippen molar-refractivity contribution in [3.05, 3.63) is 74.8 Å². The monoisotopic (exact) mass is 312 g/mol. The lowest BCUT2D eigenvalue weighted by Gasteiger charge is -2.23. The van der Waals surface area contributed by atoms with Crippen LogP contribution in [0.15, 0.2) is 42.5 Å². The quantitative estimate of drug-likeness (QED) is 0.671. The number of aliphatic hydroxyl groups is 1. The summed E-state index contributed by atoms with van der Waals surface area (Å²) in [6.07, 6.45) is 0.157. The Morgan fingerprint density at radius 2 is 2.04 bits per heavy atom. The minimum absolute atomic E-state index is 0.0971. The van der Waals surface area contributed by atoms with Crippen molar-refractivity contribution in [2.45, 2.75) is 38.5 Å². The van der Waals surface area contributed by atoms with Gasteiger partial charge in [-0.1, -0.05) is 36.4 Å². The number of aryl methyl sites for hydroxylation is 1. The van der Waals surface area contributed by atoms with Crippen molar-refractivity contribution in [3.63, 3.8) is 0 Å². The summed E-state index contributed by atoms with van der Waals surface area (Å²) in [5, 5.41) is 24.8. The number of hydrogen-bond acceptors (Lipinski definition) is 4. The summed E-state index contributed by atoms with van der Waals surface area (Å²) < 4.78 is 0. The summed E-state index contributed by atoms with van der Waals surface area (Å²) in [4.78, 5) is 10.7. The average Bonchev–Trinajstić information content (AvgIpc) is 2.83. The Morgan fingerprint density at radius 3 is 2.78 bits per heavy atom. The maximum atomic E-state index is 11.1. The van der Waals surface area contributed by atoms with Crippen LogP contribution in [0.25, 0.3) is 0 Å². The van der Waals surface area contributed by atoms with Crippen LogP contribution in [-0.4, -0.2) is 16.1 Å². The van der Waals surface area contributed by atoms with E-state index >= 15 is 0 Å². The summed E-state index contributed by atoms with van der Waals surface area (Å²) in [7, 11) is 0. The number of nitrogens with zero attached hydrogens (tertiary/aromatic N) is 1. The fourth-order valence-corrected chi connectivity index (χ4v) is 3.23. The molecule has 0 amide bonds. The van der Waals surface area contributed by atoms with Crippen LogP contribution in [0.5, 0.6) is 0 Å². The highest BCUT2D eigenvalue weighted by molar-refractivity contribution is 5.43. The molecule has 0 bridgehead atoms. The minimum Gasteiger partial charge on any atom is -0.391 e. The van der Waals surface area contributed by atoms with Crippen molar-refractivity contribution in [2.75, 3.05) is 0 Å². The molecule has 3 rings (SSSR count). The predicted molar refractivity (Wildman–Crippen MR) is 88.3 cm³/mol. The molecule has 0 spiro atoms. The smallest absolute Gasteiger partial charge is 0.272 e. The summed E-state index contributed by atoms with van der Waals surface area (Å²) in [6, 6.07) is 13.0. The van der Waals surface area contributed by atoms with Gasteiger partial charge in [0.25, 0.3) is 5.69 Å². The van der Waals surface area contributed by atoms with Gasteiger partial charge in [-0.05, 0) is 30.5 Å². The number of rotatable bonds is 4.